The average Bonchev–Trinajstić information content (AvgIpc) is 2.68. The SMILES string of the molecule is CC1CC2(c3ccccc3)CC(CC(C)(C(N)=O)C2)C1(C)O.NC1CCCCC1. The van der Waals surface area contributed by atoms with Crippen LogP contribution in [0.5, 0.6) is 0 Å². The molecule has 0 radical (unpaired) electrons. The summed E-state index contributed by atoms with van der Waals surface area (Å²) in [5.74, 6) is 0.0921. The first-order valence-electron chi connectivity index (χ1n) is 11.4. The molecule has 0 aromatic heterocycles. The molecule has 1 amide bonds. The highest BCUT2D eigenvalue weighted by atomic mass is 16.3. The molecule has 3 saturated carbocycles. The minimum absolute atomic E-state index is 0.0460. The van der Waals surface area contributed by atoms with Gasteiger partial charge in [0.05, 0.1) is 5.60 Å². The molecule has 5 N–H and O–H groups in total. The van der Waals surface area contributed by atoms with Crippen LogP contribution in [0.25, 0.3) is 0 Å². The van der Waals surface area contributed by atoms with E-state index in [0.29, 0.717) is 12.5 Å². The van der Waals surface area contributed by atoms with E-state index >= 15 is 0 Å². The fraction of sp³-hybridized carbons (Fsp3) is 0.720. The van der Waals surface area contributed by atoms with E-state index in [1.54, 1.807) is 0 Å². The zero-order valence-electron chi connectivity index (χ0n) is 18.5. The van der Waals surface area contributed by atoms with E-state index in [4.69, 9.17) is 11.5 Å². The van der Waals surface area contributed by atoms with Gasteiger partial charge in [0, 0.05) is 11.5 Å². The van der Waals surface area contributed by atoms with Crippen LogP contribution in [0.2, 0.25) is 0 Å². The second-order valence-corrected chi connectivity index (χ2v) is 10.6. The second kappa shape index (κ2) is 8.39. The van der Waals surface area contributed by atoms with Gasteiger partial charge in [-0.05, 0) is 68.3 Å². The molecule has 29 heavy (non-hydrogen) atoms. The number of carbonyl (C=O) groups is 1. The molecule has 4 heteroatoms. The smallest absolute Gasteiger partial charge is 0.223 e. The van der Waals surface area contributed by atoms with Gasteiger partial charge in [0.2, 0.25) is 5.91 Å². The highest BCUT2D eigenvalue weighted by Crippen LogP contribution is 2.60. The van der Waals surface area contributed by atoms with Crippen LogP contribution >= 0.6 is 0 Å². The topological polar surface area (TPSA) is 89.3 Å². The van der Waals surface area contributed by atoms with E-state index < -0.39 is 11.0 Å². The first-order valence-corrected chi connectivity index (χ1v) is 11.4. The second-order valence-electron chi connectivity index (χ2n) is 10.6. The lowest BCUT2D eigenvalue weighted by atomic mass is 9.47. The molecule has 4 nitrogen and oxygen atoms in total. The van der Waals surface area contributed by atoms with Crippen LogP contribution in [0.1, 0.15) is 84.1 Å². The largest absolute Gasteiger partial charge is 0.390 e. The Labute approximate surface area is 176 Å². The number of rotatable bonds is 2. The highest BCUT2D eigenvalue weighted by Gasteiger charge is 2.58. The summed E-state index contributed by atoms with van der Waals surface area (Å²) in [6.07, 6.45) is 9.99. The Morgan fingerprint density at radius 2 is 1.66 bits per heavy atom. The number of hydrogen-bond donors (Lipinski definition) is 3. The third-order valence-electron chi connectivity index (χ3n) is 8.21. The molecule has 4 rings (SSSR count). The normalized spacial score (nSPS) is 39.9. The highest BCUT2D eigenvalue weighted by molar-refractivity contribution is 5.81. The van der Waals surface area contributed by atoms with Crippen molar-refractivity contribution in [3.8, 4) is 0 Å². The molecule has 0 saturated heterocycles. The van der Waals surface area contributed by atoms with Crippen LogP contribution in [0.4, 0.5) is 0 Å². The van der Waals surface area contributed by atoms with Crippen molar-refractivity contribution in [3.05, 3.63) is 35.9 Å². The van der Waals surface area contributed by atoms with Gasteiger partial charge in [-0.1, -0.05) is 63.4 Å². The van der Waals surface area contributed by atoms with Crippen LogP contribution in [0.3, 0.4) is 0 Å². The van der Waals surface area contributed by atoms with Gasteiger partial charge < -0.3 is 16.6 Å². The Bertz CT molecular complexity index is 694. The van der Waals surface area contributed by atoms with Crippen LogP contribution in [0, 0.1) is 17.3 Å². The molecule has 5 unspecified atom stereocenters. The van der Waals surface area contributed by atoms with E-state index in [1.165, 1.54) is 37.7 Å². The van der Waals surface area contributed by atoms with Crippen molar-refractivity contribution in [2.24, 2.45) is 28.7 Å². The Morgan fingerprint density at radius 3 is 2.17 bits per heavy atom. The molecule has 0 aliphatic heterocycles. The van der Waals surface area contributed by atoms with Crippen molar-refractivity contribution < 1.29 is 9.90 Å². The molecule has 162 valence electrons. The average molecular weight is 401 g/mol. The maximum Gasteiger partial charge on any atom is 0.223 e. The summed E-state index contributed by atoms with van der Waals surface area (Å²) in [5.41, 5.74) is 11.4. The standard InChI is InChI=1S/C19H27NO2.C6H13N/c1-13-9-19(14-7-5-4-6-8-14)11-15(18(13,3)22)10-17(2,12-19)16(20)21;7-6-4-2-1-3-5-6/h4-8,13,15,22H,9-12H2,1-3H3,(H2,20,21);6H,1-5,7H2. The Hall–Kier alpha value is -1.39. The third kappa shape index (κ3) is 4.54. The van der Waals surface area contributed by atoms with E-state index in [-0.39, 0.29) is 23.2 Å². The van der Waals surface area contributed by atoms with Crippen molar-refractivity contribution in [2.45, 2.75) is 95.6 Å². The number of aliphatic hydroxyl groups is 1. The van der Waals surface area contributed by atoms with Gasteiger partial charge in [-0.2, -0.15) is 0 Å². The maximum atomic E-state index is 12.1. The van der Waals surface area contributed by atoms with Crippen LogP contribution in [-0.4, -0.2) is 22.7 Å². The van der Waals surface area contributed by atoms with Crippen molar-refractivity contribution in [2.75, 3.05) is 0 Å². The fourth-order valence-corrected chi connectivity index (χ4v) is 6.19. The molecule has 5 atom stereocenters. The number of benzene rings is 1. The number of fused-ring (bicyclic) bond motifs is 2. The van der Waals surface area contributed by atoms with E-state index in [9.17, 15) is 9.90 Å². The van der Waals surface area contributed by atoms with Gasteiger partial charge in [0.25, 0.3) is 0 Å². The van der Waals surface area contributed by atoms with Crippen molar-refractivity contribution in [1.82, 2.24) is 0 Å². The van der Waals surface area contributed by atoms with Crippen LogP contribution in [-0.2, 0) is 10.2 Å². The first kappa shape index (κ1) is 22.3. The lowest BCUT2D eigenvalue weighted by molar-refractivity contribution is -0.154. The van der Waals surface area contributed by atoms with E-state index in [2.05, 4.69) is 31.2 Å². The summed E-state index contributed by atoms with van der Waals surface area (Å²) < 4.78 is 0. The van der Waals surface area contributed by atoms with Crippen molar-refractivity contribution in [3.63, 3.8) is 0 Å². The molecule has 3 aliphatic rings. The molecule has 1 aromatic carbocycles. The monoisotopic (exact) mass is 400 g/mol. The summed E-state index contributed by atoms with van der Waals surface area (Å²) in [7, 11) is 0. The predicted octanol–water partition coefficient (Wildman–Crippen LogP) is 4.28. The van der Waals surface area contributed by atoms with Gasteiger partial charge in [-0.3, -0.25) is 4.79 Å². The van der Waals surface area contributed by atoms with Gasteiger partial charge in [-0.15, -0.1) is 0 Å². The van der Waals surface area contributed by atoms with Crippen LogP contribution < -0.4 is 11.5 Å². The van der Waals surface area contributed by atoms with Gasteiger partial charge in [-0.25, -0.2) is 0 Å². The summed E-state index contributed by atoms with van der Waals surface area (Å²) >= 11 is 0. The van der Waals surface area contributed by atoms with Crippen molar-refractivity contribution >= 4 is 5.91 Å². The summed E-state index contributed by atoms with van der Waals surface area (Å²) in [6.45, 7) is 6.05. The van der Waals surface area contributed by atoms with E-state index in [0.717, 1.165) is 19.3 Å². The number of amides is 1. The van der Waals surface area contributed by atoms with E-state index in [1.807, 2.05) is 19.9 Å². The molecule has 2 bridgehead atoms. The lowest BCUT2D eigenvalue weighted by Gasteiger charge is -2.59. The third-order valence-corrected chi connectivity index (χ3v) is 8.21. The zero-order chi connectivity index (χ0) is 21.3. The maximum absolute atomic E-state index is 12.1. The Kier molecular flexibility index (Phi) is 6.45. The molecule has 1 aromatic rings. The molecule has 0 heterocycles. The Morgan fingerprint density at radius 1 is 1.03 bits per heavy atom. The number of hydrogen-bond acceptors (Lipinski definition) is 3. The van der Waals surface area contributed by atoms with Gasteiger partial charge >= 0.3 is 0 Å². The molecular weight excluding hydrogens is 360 g/mol. The molecular formula is C25H40N2O2. The quantitative estimate of drug-likeness (QED) is 0.692. The minimum Gasteiger partial charge on any atom is -0.390 e. The minimum atomic E-state index is -0.727. The molecule has 3 fully saturated rings. The first-order chi connectivity index (χ1) is 13.6. The Balaban J connectivity index is 0.000000290. The van der Waals surface area contributed by atoms with Gasteiger partial charge in [0.15, 0.2) is 0 Å². The predicted molar refractivity (Wildman–Crippen MR) is 118 cm³/mol. The van der Waals surface area contributed by atoms with Crippen LogP contribution in [0.15, 0.2) is 30.3 Å². The van der Waals surface area contributed by atoms with Gasteiger partial charge in [0.1, 0.15) is 0 Å². The van der Waals surface area contributed by atoms with Crippen molar-refractivity contribution in [1.29, 1.82) is 0 Å². The number of primary amides is 1. The summed E-state index contributed by atoms with van der Waals surface area (Å²) in [4.78, 5) is 12.1. The zero-order valence-corrected chi connectivity index (χ0v) is 18.5. The summed E-state index contributed by atoms with van der Waals surface area (Å²) in [5, 5.41) is 11.0. The summed E-state index contributed by atoms with van der Waals surface area (Å²) in [6, 6.07) is 11.0. The number of carbonyl (C=O) groups excluding carboxylic acids is 1. The molecule has 3 aliphatic carbocycles. The fourth-order valence-electron chi connectivity index (χ4n) is 6.19. The lowest BCUT2D eigenvalue weighted by Crippen LogP contribution is -2.59. The number of nitrogens with two attached hydrogens (primary N) is 2. The molecule has 0 spiro atoms.